The number of urea groups is 1. The number of amides is 2. The highest BCUT2D eigenvalue weighted by Gasteiger charge is 2.30. The van der Waals surface area contributed by atoms with Crippen LogP contribution in [0.15, 0.2) is 18.2 Å². The first-order valence-corrected chi connectivity index (χ1v) is 5.80. The summed E-state index contributed by atoms with van der Waals surface area (Å²) in [5, 5.41) is 23.0. The van der Waals surface area contributed by atoms with Crippen LogP contribution in [0.2, 0.25) is 0 Å². The summed E-state index contributed by atoms with van der Waals surface area (Å²) in [4.78, 5) is 22.2. The van der Waals surface area contributed by atoms with Gasteiger partial charge < -0.3 is 20.8 Å². The molecule has 1 unspecified atom stereocenters. The molecule has 4 N–H and O–H groups in total. The normalized spacial score (nSPS) is 13.5. The maximum atomic E-state index is 11.6. The average Bonchev–Trinajstić information content (AvgIpc) is 2.31. The minimum atomic E-state index is -1.99. The first-order valence-electron chi connectivity index (χ1n) is 5.80. The number of carboxylic acid groups (broad SMARTS) is 1. The molecule has 2 amide bonds. The molecule has 1 aromatic carbocycles. The minimum absolute atomic E-state index is 0.376. The lowest BCUT2D eigenvalue weighted by Crippen LogP contribution is -2.47. The van der Waals surface area contributed by atoms with Crippen molar-refractivity contribution < 1.29 is 19.8 Å². The minimum Gasteiger partial charge on any atom is -0.479 e. The lowest BCUT2D eigenvalue weighted by molar-refractivity contribution is -0.155. The van der Waals surface area contributed by atoms with E-state index in [0.29, 0.717) is 5.69 Å². The van der Waals surface area contributed by atoms with E-state index in [4.69, 9.17) is 5.11 Å². The van der Waals surface area contributed by atoms with Gasteiger partial charge in [0.25, 0.3) is 0 Å². The zero-order chi connectivity index (χ0) is 14.6. The molecule has 0 aliphatic heterocycles. The van der Waals surface area contributed by atoms with E-state index >= 15 is 0 Å². The Bertz CT molecular complexity index is 497. The van der Waals surface area contributed by atoms with Gasteiger partial charge in [-0.2, -0.15) is 0 Å². The number of aryl methyl sites for hydroxylation is 2. The SMILES string of the molecule is Cc1ccc(NC(=O)NCC(C)(O)C(=O)O)cc1C. The van der Waals surface area contributed by atoms with Crippen molar-refractivity contribution in [2.45, 2.75) is 26.4 Å². The second-order valence-electron chi connectivity index (χ2n) is 4.69. The van der Waals surface area contributed by atoms with Crippen molar-refractivity contribution in [2.24, 2.45) is 0 Å². The summed E-state index contributed by atoms with van der Waals surface area (Å²) in [6, 6.07) is 4.87. The van der Waals surface area contributed by atoms with E-state index in [1.54, 1.807) is 6.07 Å². The van der Waals surface area contributed by atoms with Crippen molar-refractivity contribution in [1.29, 1.82) is 0 Å². The van der Waals surface area contributed by atoms with Gasteiger partial charge in [-0.25, -0.2) is 9.59 Å². The van der Waals surface area contributed by atoms with Crippen LogP contribution in [0.1, 0.15) is 18.1 Å². The summed E-state index contributed by atoms with van der Waals surface area (Å²) in [5.74, 6) is -1.39. The second kappa shape index (κ2) is 5.71. The number of rotatable bonds is 4. The van der Waals surface area contributed by atoms with E-state index in [9.17, 15) is 14.7 Å². The lowest BCUT2D eigenvalue weighted by atomic mass is 10.1. The molecule has 0 spiro atoms. The van der Waals surface area contributed by atoms with Crippen molar-refractivity contribution in [1.82, 2.24) is 5.32 Å². The summed E-state index contributed by atoms with van der Waals surface area (Å²) in [7, 11) is 0. The zero-order valence-corrected chi connectivity index (χ0v) is 11.2. The van der Waals surface area contributed by atoms with Gasteiger partial charge in [-0.05, 0) is 44.0 Å². The molecular weight excluding hydrogens is 248 g/mol. The number of carbonyl (C=O) groups is 2. The molecule has 19 heavy (non-hydrogen) atoms. The standard InChI is InChI=1S/C13H18N2O4/c1-8-4-5-10(6-9(8)2)15-12(18)14-7-13(3,19)11(16)17/h4-6,19H,7H2,1-3H3,(H,16,17)(H2,14,15,18). The van der Waals surface area contributed by atoms with Crippen molar-refractivity contribution in [3.8, 4) is 0 Å². The van der Waals surface area contributed by atoms with Crippen molar-refractivity contribution in [2.75, 3.05) is 11.9 Å². The number of hydrogen-bond acceptors (Lipinski definition) is 3. The first-order chi connectivity index (χ1) is 8.72. The molecule has 6 heteroatoms. The third-order valence-electron chi connectivity index (χ3n) is 2.82. The average molecular weight is 266 g/mol. The Balaban J connectivity index is 2.56. The van der Waals surface area contributed by atoms with Gasteiger partial charge in [0.05, 0.1) is 6.54 Å². The molecule has 0 bridgehead atoms. The third kappa shape index (κ3) is 4.26. The summed E-state index contributed by atoms with van der Waals surface area (Å²) in [6.45, 7) is 4.63. The molecule has 1 atom stereocenters. The van der Waals surface area contributed by atoms with Gasteiger partial charge in [-0.3, -0.25) is 0 Å². The fraction of sp³-hybridized carbons (Fsp3) is 0.385. The topological polar surface area (TPSA) is 98.7 Å². The van der Waals surface area contributed by atoms with E-state index in [1.165, 1.54) is 0 Å². The highest BCUT2D eigenvalue weighted by Crippen LogP contribution is 2.13. The Morgan fingerprint density at radius 2 is 1.89 bits per heavy atom. The van der Waals surface area contributed by atoms with Gasteiger partial charge in [0.15, 0.2) is 5.60 Å². The van der Waals surface area contributed by atoms with Crippen molar-refractivity contribution in [3.05, 3.63) is 29.3 Å². The highest BCUT2D eigenvalue weighted by molar-refractivity contribution is 5.90. The van der Waals surface area contributed by atoms with Crippen LogP contribution in [0, 0.1) is 13.8 Å². The molecule has 1 rings (SSSR count). The summed E-state index contributed by atoms with van der Waals surface area (Å²) < 4.78 is 0. The molecule has 0 heterocycles. The number of carbonyl (C=O) groups excluding carboxylic acids is 1. The van der Waals surface area contributed by atoms with E-state index in [1.807, 2.05) is 26.0 Å². The maximum absolute atomic E-state index is 11.6. The molecule has 0 aromatic heterocycles. The van der Waals surface area contributed by atoms with Gasteiger partial charge >= 0.3 is 12.0 Å². The summed E-state index contributed by atoms with van der Waals surface area (Å²) >= 11 is 0. The number of aliphatic hydroxyl groups is 1. The fourth-order valence-corrected chi connectivity index (χ4v) is 1.32. The molecule has 1 aromatic rings. The van der Waals surface area contributed by atoms with Gasteiger partial charge in [0, 0.05) is 5.69 Å². The number of carboxylic acids is 1. The van der Waals surface area contributed by atoms with Crippen LogP contribution in [-0.2, 0) is 4.79 Å². The van der Waals surface area contributed by atoms with Gasteiger partial charge in [-0.15, -0.1) is 0 Å². The van der Waals surface area contributed by atoms with Crippen LogP contribution in [0.4, 0.5) is 10.5 Å². The summed E-state index contributed by atoms with van der Waals surface area (Å²) in [5.41, 5.74) is 0.770. The summed E-state index contributed by atoms with van der Waals surface area (Å²) in [6.07, 6.45) is 0. The molecule has 6 nitrogen and oxygen atoms in total. The third-order valence-corrected chi connectivity index (χ3v) is 2.82. The Labute approximate surface area is 111 Å². The molecule has 0 saturated carbocycles. The van der Waals surface area contributed by atoms with Crippen LogP contribution >= 0.6 is 0 Å². The molecule has 0 fully saturated rings. The number of anilines is 1. The predicted molar refractivity (Wildman–Crippen MR) is 71.2 cm³/mol. The van der Waals surface area contributed by atoms with Crippen LogP contribution in [0.5, 0.6) is 0 Å². The largest absolute Gasteiger partial charge is 0.479 e. The second-order valence-corrected chi connectivity index (χ2v) is 4.69. The van der Waals surface area contributed by atoms with Crippen LogP contribution in [0.25, 0.3) is 0 Å². The van der Waals surface area contributed by atoms with Crippen LogP contribution in [0.3, 0.4) is 0 Å². The molecule has 0 aliphatic rings. The van der Waals surface area contributed by atoms with Crippen molar-refractivity contribution in [3.63, 3.8) is 0 Å². The van der Waals surface area contributed by atoms with Gasteiger partial charge in [0.1, 0.15) is 0 Å². The fourth-order valence-electron chi connectivity index (χ4n) is 1.32. The Morgan fingerprint density at radius 1 is 1.26 bits per heavy atom. The zero-order valence-electron chi connectivity index (χ0n) is 11.2. The predicted octanol–water partition coefficient (Wildman–Crippen LogP) is 1.26. The number of benzene rings is 1. The molecule has 0 aliphatic carbocycles. The van der Waals surface area contributed by atoms with Crippen LogP contribution < -0.4 is 10.6 Å². The highest BCUT2D eigenvalue weighted by atomic mass is 16.4. The van der Waals surface area contributed by atoms with Gasteiger partial charge in [0.2, 0.25) is 0 Å². The maximum Gasteiger partial charge on any atom is 0.337 e. The Kier molecular flexibility index (Phi) is 4.50. The van der Waals surface area contributed by atoms with E-state index in [2.05, 4.69) is 10.6 Å². The Morgan fingerprint density at radius 3 is 2.42 bits per heavy atom. The number of hydrogen-bond donors (Lipinski definition) is 4. The number of aliphatic carboxylic acids is 1. The van der Waals surface area contributed by atoms with Crippen LogP contribution in [-0.4, -0.2) is 34.4 Å². The molecule has 0 saturated heterocycles. The molecular formula is C13H18N2O4. The van der Waals surface area contributed by atoms with Crippen molar-refractivity contribution >= 4 is 17.7 Å². The van der Waals surface area contributed by atoms with Gasteiger partial charge in [-0.1, -0.05) is 6.07 Å². The van der Waals surface area contributed by atoms with E-state index < -0.39 is 17.6 Å². The number of nitrogens with one attached hydrogen (secondary N) is 2. The van der Waals surface area contributed by atoms with E-state index in [0.717, 1.165) is 18.1 Å². The monoisotopic (exact) mass is 266 g/mol. The van der Waals surface area contributed by atoms with E-state index in [-0.39, 0.29) is 6.54 Å². The smallest absolute Gasteiger partial charge is 0.337 e. The Hall–Kier alpha value is -2.08. The lowest BCUT2D eigenvalue weighted by Gasteiger charge is -2.18. The quantitative estimate of drug-likeness (QED) is 0.659. The first kappa shape index (κ1) is 15.0. The molecule has 104 valence electrons. The molecule has 0 radical (unpaired) electrons.